The van der Waals surface area contributed by atoms with Crippen molar-refractivity contribution in [1.82, 2.24) is 0 Å². The molecule has 2 aromatic rings. The molecule has 2 aromatic carbocycles. The number of carboxylic acids is 1. The smallest absolute Gasteiger partial charge is 0.303 e. The molecule has 0 bridgehead atoms. The number of amides is 1. The zero-order valence-corrected chi connectivity index (χ0v) is 13.4. The third-order valence-corrected chi connectivity index (χ3v) is 4.24. The molecular weight excluding hydrogens is 325 g/mol. The van der Waals surface area contributed by atoms with Gasteiger partial charge in [0.15, 0.2) is 0 Å². The van der Waals surface area contributed by atoms with Gasteiger partial charge in [-0.1, -0.05) is 0 Å². The first-order chi connectivity index (χ1) is 12.0. The minimum atomic E-state index is -0.819. The largest absolute Gasteiger partial charge is 0.481 e. The Balaban J connectivity index is 1.50. The van der Waals surface area contributed by atoms with Crippen LogP contribution < -0.4 is 10.1 Å². The molecule has 1 saturated carbocycles. The molecule has 25 heavy (non-hydrogen) atoms. The van der Waals surface area contributed by atoms with Crippen LogP contribution in [0, 0.1) is 17.7 Å². The van der Waals surface area contributed by atoms with E-state index in [9.17, 15) is 14.0 Å². The lowest BCUT2D eigenvalue weighted by molar-refractivity contribution is -0.140. The molecule has 6 heteroatoms. The van der Waals surface area contributed by atoms with Crippen LogP contribution in [0.15, 0.2) is 48.5 Å². The molecular formula is C19H18FNO4. The summed E-state index contributed by atoms with van der Waals surface area (Å²) >= 11 is 0. The summed E-state index contributed by atoms with van der Waals surface area (Å²) in [7, 11) is 0. The number of nitrogens with one attached hydrogen (secondary N) is 1. The number of hydrogen-bond donors (Lipinski definition) is 2. The average molecular weight is 343 g/mol. The van der Waals surface area contributed by atoms with Crippen LogP contribution in [0.25, 0.3) is 0 Å². The Bertz CT molecular complexity index is 752. The Morgan fingerprint density at radius 3 is 2.16 bits per heavy atom. The summed E-state index contributed by atoms with van der Waals surface area (Å²) in [6, 6.07) is 12.6. The third kappa shape index (κ3) is 4.56. The Hall–Kier alpha value is -2.89. The second-order valence-electron chi connectivity index (χ2n) is 6.20. The molecule has 0 unspecified atom stereocenters. The number of rotatable bonds is 6. The van der Waals surface area contributed by atoms with Crippen LogP contribution in [-0.4, -0.2) is 17.0 Å². The standard InChI is InChI=1S/C19H18FNO4/c20-14-1-5-16(6-2-14)25-17-7-3-15(4-8-17)21-19(24)13-9-12(10-13)11-18(22)23/h1-8,12-13H,9-11H2,(H,21,24)(H,22,23). The first kappa shape index (κ1) is 17.0. The van der Waals surface area contributed by atoms with Gasteiger partial charge in [0.1, 0.15) is 17.3 Å². The van der Waals surface area contributed by atoms with Gasteiger partial charge in [0.05, 0.1) is 0 Å². The molecule has 1 fully saturated rings. The van der Waals surface area contributed by atoms with Gasteiger partial charge in [0.2, 0.25) is 5.91 Å². The van der Waals surface area contributed by atoms with Gasteiger partial charge in [0.25, 0.3) is 0 Å². The first-order valence-corrected chi connectivity index (χ1v) is 8.06. The summed E-state index contributed by atoms with van der Waals surface area (Å²) in [5.41, 5.74) is 0.651. The fourth-order valence-corrected chi connectivity index (χ4v) is 2.85. The molecule has 3 rings (SSSR count). The molecule has 130 valence electrons. The summed E-state index contributed by atoms with van der Waals surface area (Å²) < 4.78 is 18.4. The van der Waals surface area contributed by atoms with Crippen molar-refractivity contribution in [3.05, 3.63) is 54.3 Å². The number of benzene rings is 2. The molecule has 0 aromatic heterocycles. The Kier molecular flexibility index (Phi) is 4.97. The summed E-state index contributed by atoms with van der Waals surface area (Å²) in [5, 5.41) is 11.5. The minimum absolute atomic E-state index is 0.0890. The molecule has 0 saturated heterocycles. The molecule has 0 heterocycles. The summed E-state index contributed by atoms with van der Waals surface area (Å²) in [6.07, 6.45) is 1.35. The van der Waals surface area contributed by atoms with Gasteiger partial charge in [-0.05, 0) is 67.3 Å². The number of hydrogen-bond acceptors (Lipinski definition) is 3. The predicted octanol–water partition coefficient (Wildman–Crippen LogP) is 4.06. The third-order valence-electron chi connectivity index (χ3n) is 4.24. The van der Waals surface area contributed by atoms with Crippen LogP contribution in [0.4, 0.5) is 10.1 Å². The van der Waals surface area contributed by atoms with Crippen molar-refractivity contribution < 1.29 is 23.8 Å². The molecule has 1 aliphatic rings. The van der Waals surface area contributed by atoms with Crippen molar-refractivity contribution in [2.75, 3.05) is 5.32 Å². The summed E-state index contributed by atoms with van der Waals surface area (Å²) in [4.78, 5) is 22.7. The number of halogens is 1. The monoisotopic (exact) mass is 343 g/mol. The molecule has 0 radical (unpaired) electrons. The van der Waals surface area contributed by atoms with E-state index in [1.807, 2.05) is 0 Å². The van der Waals surface area contributed by atoms with Gasteiger partial charge >= 0.3 is 5.97 Å². The number of carbonyl (C=O) groups excluding carboxylic acids is 1. The lowest BCUT2D eigenvalue weighted by Gasteiger charge is -2.33. The van der Waals surface area contributed by atoms with Crippen molar-refractivity contribution in [2.24, 2.45) is 11.8 Å². The number of carboxylic acid groups (broad SMARTS) is 1. The van der Waals surface area contributed by atoms with Gasteiger partial charge in [-0.25, -0.2) is 4.39 Å². The van der Waals surface area contributed by atoms with Crippen LogP contribution >= 0.6 is 0 Å². The lowest BCUT2D eigenvalue weighted by atomic mass is 9.73. The van der Waals surface area contributed by atoms with Crippen molar-refractivity contribution in [2.45, 2.75) is 19.3 Å². The maximum absolute atomic E-state index is 12.9. The van der Waals surface area contributed by atoms with Gasteiger partial charge < -0.3 is 15.2 Å². The predicted molar refractivity (Wildman–Crippen MR) is 90.0 cm³/mol. The fourth-order valence-electron chi connectivity index (χ4n) is 2.85. The minimum Gasteiger partial charge on any atom is -0.481 e. The van der Waals surface area contributed by atoms with Crippen LogP contribution in [0.3, 0.4) is 0 Å². The molecule has 5 nitrogen and oxygen atoms in total. The number of aliphatic carboxylic acids is 1. The maximum Gasteiger partial charge on any atom is 0.303 e. The van der Waals surface area contributed by atoms with E-state index in [2.05, 4.69) is 5.32 Å². The Morgan fingerprint density at radius 1 is 1.04 bits per heavy atom. The molecule has 0 aliphatic heterocycles. The van der Waals surface area contributed by atoms with Crippen LogP contribution in [0.2, 0.25) is 0 Å². The normalized spacial score (nSPS) is 18.9. The van der Waals surface area contributed by atoms with E-state index in [-0.39, 0.29) is 30.0 Å². The molecule has 0 spiro atoms. The van der Waals surface area contributed by atoms with Crippen LogP contribution in [0.5, 0.6) is 11.5 Å². The van der Waals surface area contributed by atoms with E-state index in [4.69, 9.17) is 9.84 Å². The fraction of sp³-hybridized carbons (Fsp3) is 0.263. The highest BCUT2D eigenvalue weighted by Gasteiger charge is 2.35. The van der Waals surface area contributed by atoms with E-state index in [0.717, 1.165) is 0 Å². The van der Waals surface area contributed by atoms with E-state index >= 15 is 0 Å². The van der Waals surface area contributed by atoms with E-state index in [0.29, 0.717) is 30.0 Å². The van der Waals surface area contributed by atoms with Crippen molar-refractivity contribution >= 4 is 17.6 Å². The Labute approximate surface area is 144 Å². The summed E-state index contributed by atoms with van der Waals surface area (Å²) in [5.74, 6) is -0.160. The number of carbonyl (C=O) groups is 2. The van der Waals surface area contributed by atoms with E-state index < -0.39 is 5.97 Å². The zero-order valence-electron chi connectivity index (χ0n) is 13.4. The van der Waals surface area contributed by atoms with E-state index in [1.54, 1.807) is 24.3 Å². The van der Waals surface area contributed by atoms with Crippen LogP contribution in [-0.2, 0) is 9.59 Å². The average Bonchev–Trinajstić information content (AvgIpc) is 2.54. The summed E-state index contributed by atoms with van der Waals surface area (Å²) in [6.45, 7) is 0. The molecule has 1 aliphatic carbocycles. The maximum atomic E-state index is 12.9. The topological polar surface area (TPSA) is 75.6 Å². The van der Waals surface area contributed by atoms with Crippen LogP contribution in [0.1, 0.15) is 19.3 Å². The Morgan fingerprint density at radius 2 is 1.60 bits per heavy atom. The lowest BCUT2D eigenvalue weighted by Crippen LogP contribution is -2.35. The zero-order chi connectivity index (χ0) is 17.8. The number of anilines is 1. The second-order valence-corrected chi connectivity index (χ2v) is 6.20. The van der Waals surface area contributed by atoms with Crippen molar-refractivity contribution in [3.8, 4) is 11.5 Å². The highest BCUT2D eigenvalue weighted by atomic mass is 19.1. The van der Waals surface area contributed by atoms with Crippen molar-refractivity contribution in [3.63, 3.8) is 0 Å². The molecule has 2 N–H and O–H groups in total. The first-order valence-electron chi connectivity index (χ1n) is 8.06. The van der Waals surface area contributed by atoms with Gasteiger partial charge in [0, 0.05) is 18.0 Å². The highest BCUT2D eigenvalue weighted by molar-refractivity contribution is 5.93. The second kappa shape index (κ2) is 7.34. The van der Waals surface area contributed by atoms with Gasteiger partial charge in [-0.2, -0.15) is 0 Å². The molecule has 0 atom stereocenters. The van der Waals surface area contributed by atoms with Gasteiger partial charge in [-0.3, -0.25) is 9.59 Å². The highest BCUT2D eigenvalue weighted by Crippen LogP contribution is 2.36. The SMILES string of the molecule is O=C(O)CC1CC(C(=O)Nc2ccc(Oc3ccc(F)cc3)cc2)C1. The van der Waals surface area contributed by atoms with Crippen molar-refractivity contribution in [1.29, 1.82) is 0 Å². The quantitative estimate of drug-likeness (QED) is 0.829. The van der Waals surface area contributed by atoms with E-state index in [1.165, 1.54) is 24.3 Å². The molecule has 1 amide bonds. The number of ether oxygens (including phenoxy) is 1. The van der Waals surface area contributed by atoms with Gasteiger partial charge in [-0.15, -0.1) is 0 Å².